The molecule has 10 heteroatoms. The molecule has 2 heterocycles. The molecule has 0 aliphatic carbocycles. The summed E-state index contributed by atoms with van der Waals surface area (Å²) in [6, 6.07) is 14.6. The fraction of sp³-hybridized carbons (Fsp3) is 0.500. The van der Waals surface area contributed by atoms with Gasteiger partial charge in [0.25, 0.3) is 0 Å². The first-order chi connectivity index (χ1) is 18.2. The molecule has 3 atom stereocenters. The van der Waals surface area contributed by atoms with E-state index >= 15 is 0 Å². The second-order valence-corrected chi connectivity index (χ2v) is 12.3. The quantitative estimate of drug-likeness (QED) is 0.319. The lowest BCUT2D eigenvalue weighted by Gasteiger charge is -2.33. The molecule has 1 amide bonds. The van der Waals surface area contributed by atoms with Gasteiger partial charge in [-0.05, 0) is 57.1 Å². The summed E-state index contributed by atoms with van der Waals surface area (Å²) in [5, 5.41) is 17.4. The van der Waals surface area contributed by atoms with Gasteiger partial charge in [-0.2, -0.15) is 0 Å². The Hall–Kier alpha value is -2.79. The van der Waals surface area contributed by atoms with Crippen LogP contribution >= 0.6 is 0 Å². The van der Waals surface area contributed by atoms with Crippen molar-refractivity contribution in [3.8, 4) is 0 Å². The number of nitrogens with one attached hydrogen (secondary N) is 2. The summed E-state index contributed by atoms with van der Waals surface area (Å²) in [5.74, 6) is -0.801. The molecule has 3 N–H and O–H groups in total. The normalized spacial score (nSPS) is 17.8. The highest BCUT2D eigenvalue weighted by Crippen LogP contribution is 2.24. The number of fused-ring (bicyclic) bond motifs is 1. The minimum Gasteiger partial charge on any atom is -0.438 e. The molecule has 2 aromatic carbocycles. The molecule has 0 radical (unpaired) electrons. The van der Waals surface area contributed by atoms with Gasteiger partial charge in [0, 0.05) is 6.04 Å². The molecule has 38 heavy (non-hydrogen) atoms. The summed E-state index contributed by atoms with van der Waals surface area (Å²) in [4.78, 5) is 20.2. The number of hydrogen-bond donors (Lipinski definition) is 3. The number of rotatable bonds is 12. The van der Waals surface area contributed by atoms with Crippen LogP contribution in [0.1, 0.15) is 50.2 Å². The Morgan fingerprint density at radius 2 is 1.82 bits per heavy atom. The van der Waals surface area contributed by atoms with E-state index in [1.807, 2.05) is 32.2 Å². The van der Waals surface area contributed by atoms with Gasteiger partial charge in [0.15, 0.2) is 21.5 Å². The molecule has 1 saturated heterocycles. The zero-order valence-corrected chi connectivity index (χ0v) is 22.9. The fourth-order valence-corrected chi connectivity index (χ4v) is 6.47. The number of amides is 1. The van der Waals surface area contributed by atoms with E-state index in [0.717, 1.165) is 25.9 Å². The summed E-state index contributed by atoms with van der Waals surface area (Å²) in [5.41, 5.74) is 1.86. The maximum atomic E-state index is 13.6. The van der Waals surface area contributed by atoms with Crippen LogP contribution in [0, 0.1) is 0 Å². The third kappa shape index (κ3) is 7.63. The van der Waals surface area contributed by atoms with E-state index in [0.29, 0.717) is 29.5 Å². The van der Waals surface area contributed by atoms with Crippen LogP contribution in [-0.4, -0.2) is 73.3 Å². The summed E-state index contributed by atoms with van der Waals surface area (Å²) in [7, 11) is -1.56. The standard InChI is InChI=1S/C28H38N4O5S/c1-3-9-23(26(33)28-31-22-12-7-8-13-25(22)37-28)30-27(34)24(29-21-14-16-32(2)17-15-21)19-38(35,36)18-20-10-5-4-6-11-20/h4-8,10-13,21,23-24,26,29,33H,3,9,14-19H2,1-2H3,(H,30,34)/t23-,24-,26?/m0/s1. The lowest BCUT2D eigenvalue weighted by molar-refractivity contribution is -0.124. The highest BCUT2D eigenvalue weighted by molar-refractivity contribution is 7.90. The molecule has 1 aliphatic heterocycles. The van der Waals surface area contributed by atoms with Gasteiger partial charge < -0.3 is 25.1 Å². The minimum absolute atomic E-state index is 0.0282. The molecule has 206 valence electrons. The number of sulfone groups is 1. The molecule has 0 bridgehead atoms. The zero-order chi connectivity index (χ0) is 27.1. The predicted octanol–water partition coefficient (Wildman–Crippen LogP) is 2.81. The summed E-state index contributed by atoms with van der Waals surface area (Å²) in [6.45, 7) is 3.70. The summed E-state index contributed by atoms with van der Waals surface area (Å²) >= 11 is 0. The van der Waals surface area contributed by atoms with Crippen molar-refractivity contribution < 1.29 is 22.7 Å². The molecular weight excluding hydrogens is 504 g/mol. The van der Waals surface area contributed by atoms with Crippen molar-refractivity contribution in [1.29, 1.82) is 0 Å². The number of oxazole rings is 1. The molecule has 1 fully saturated rings. The van der Waals surface area contributed by atoms with Crippen LogP contribution in [0.2, 0.25) is 0 Å². The van der Waals surface area contributed by atoms with E-state index in [2.05, 4.69) is 20.5 Å². The summed E-state index contributed by atoms with van der Waals surface area (Å²) in [6.07, 6.45) is 1.65. The van der Waals surface area contributed by atoms with Crippen LogP contribution in [0.3, 0.4) is 0 Å². The van der Waals surface area contributed by atoms with Crippen LogP contribution in [0.25, 0.3) is 11.1 Å². The van der Waals surface area contributed by atoms with Gasteiger partial charge in [-0.25, -0.2) is 13.4 Å². The van der Waals surface area contributed by atoms with Crippen molar-refractivity contribution in [3.63, 3.8) is 0 Å². The fourth-order valence-electron chi connectivity index (χ4n) is 4.89. The van der Waals surface area contributed by atoms with Gasteiger partial charge in [-0.3, -0.25) is 4.79 Å². The Balaban J connectivity index is 1.51. The molecule has 3 aromatic rings. The highest BCUT2D eigenvalue weighted by atomic mass is 32.2. The number of hydrogen-bond acceptors (Lipinski definition) is 8. The Kier molecular flexibility index (Phi) is 9.54. The number of benzene rings is 2. The second kappa shape index (κ2) is 12.8. The average Bonchev–Trinajstić information content (AvgIpc) is 3.33. The SMILES string of the molecule is CCC[C@H](NC(=O)[C@H](CS(=O)(=O)Cc1ccccc1)NC1CCN(C)CC1)C(O)c1nc2ccccc2o1. The first-order valence-corrected chi connectivity index (χ1v) is 15.1. The number of aliphatic hydroxyl groups is 1. The molecule has 4 rings (SSSR count). The van der Waals surface area contributed by atoms with Crippen molar-refractivity contribution in [3.05, 3.63) is 66.1 Å². The van der Waals surface area contributed by atoms with Crippen LogP contribution in [-0.2, 0) is 20.4 Å². The van der Waals surface area contributed by atoms with Crippen molar-refractivity contribution in [2.75, 3.05) is 25.9 Å². The van der Waals surface area contributed by atoms with Gasteiger partial charge in [0.05, 0.1) is 17.5 Å². The molecular formula is C28H38N4O5S. The number of carbonyl (C=O) groups excluding carboxylic acids is 1. The van der Waals surface area contributed by atoms with E-state index in [-0.39, 0.29) is 23.4 Å². The average molecular weight is 543 g/mol. The minimum atomic E-state index is -3.61. The van der Waals surface area contributed by atoms with Crippen LogP contribution in [0.4, 0.5) is 0 Å². The Morgan fingerprint density at radius 3 is 2.50 bits per heavy atom. The van der Waals surface area contributed by atoms with Gasteiger partial charge in [0.1, 0.15) is 11.6 Å². The summed E-state index contributed by atoms with van der Waals surface area (Å²) < 4.78 is 32.1. The molecule has 0 saturated carbocycles. The topological polar surface area (TPSA) is 125 Å². The predicted molar refractivity (Wildman–Crippen MR) is 147 cm³/mol. The lowest BCUT2D eigenvalue weighted by atomic mass is 10.0. The van der Waals surface area contributed by atoms with Gasteiger partial charge in [-0.15, -0.1) is 0 Å². The monoisotopic (exact) mass is 542 g/mol. The van der Waals surface area contributed by atoms with Crippen molar-refractivity contribution in [2.45, 2.75) is 62.6 Å². The van der Waals surface area contributed by atoms with Crippen LogP contribution in [0.5, 0.6) is 0 Å². The maximum absolute atomic E-state index is 13.6. The Bertz CT molecular complexity index is 1260. The van der Waals surface area contributed by atoms with Crippen LogP contribution in [0.15, 0.2) is 59.0 Å². The number of nitrogens with zero attached hydrogens (tertiary/aromatic N) is 2. The first-order valence-electron chi connectivity index (χ1n) is 13.3. The Morgan fingerprint density at radius 1 is 1.13 bits per heavy atom. The molecule has 9 nitrogen and oxygen atoms in total. The number of para-hydroxylation sites is 2. The number of piperidine rings is 1. The van der Waals surface area contributed by atoms with Crippen molar-refractivity contribution in [2.24, 2.45) is 0 Å². The lowest BCUT2D eigenvalue weighted by Crippen LogP contribution is -2.56. The molecule has 1 unspecified atom stereocenters. The Labute approximate surface area is 224 Å². The van der Waals surface area contributed by atoms with Gasteiger partial charge in [-0.1, -0.05) is 55.8 Å². The largest absolute Gasteiger partial charge is 0.438 e. The third-order valence-corrected chi connectivity index (χ3v) is 8.61. The van der Waals surface area contributed by atoms with Crippen molar-refractivity contribution in [1.82, 2.24) is 20.5 Å². The van der Waals surface area contributed by atoms with E-state index in [1.165, 1.54) is 0 Å². The number of aromatic nitrogens is 1. The molecule has 0 spiro atoms. The molecule has 1 aliphatic rings. The maximum Gasteiger partial charge on any atom is 0.238 e. The van der Waals surface area contributed by atoms with Gasteiger partial charge in [0.2, 0.25) is 11.8 Å². The number of likely N-dealkylation sites (tertiary alicyclic amines) is 1. The highest BCUT2D eigenvalue weighted by Gasteiger charge is 2.33. The first kappa shape index (κ1) is 28.2. The smallest absolute Gasteiger partial charge is 0.238 e. The van der Waals surface area contributed by atoms with Crippen LogP contribution < -0.4 is 10.6 Å². The molecule has 1 aromatic heterocycles. The van der Waals surface area contributed by atoms with E-state index < -0.39 is 33.9 Å². The second-order valence-electron chi connectivity index (χ2n) is 10.2. The van der Waals surface area contributed by atoms with E-state index in [9.17, 15) is 18.3 Å². The zero-order valence-electron chi connectivity index (χ0n) is 22.0. The van der Waals surface area contributed by atoms with Crippen molar-refractivity contribution >= 4 is 26.8 Å². The number of aliphatic hydroxyl groups excluding tert-OH is 1. The van der Waals surface area contributed by atoms with E-state index in [4.69, 9.17) is 4.42 Å². The number of carbonyl (C=O) groups is 1. The third-order valence-electron chi connectivity index (χ3n) is 6.99. The van der Waals surface area contributed by atoms with E-state index in [1.54, 1.807) is 36.4 Å². The van der Waals surface area contributed by atoms with Gasteiger partial charge >= 0.3 is 0 Å².